The van der Waals surface area contributed by atoms with Crippen LogP contribution in [-0.2, 0) is 9.05 Å². The molecular weight excluding hydrogens is 286 g/mol. The highest BCUT2D eigenvalue weighted by Gasteiger charge is 2.09. The fourth-order valence-electron chi connectivity index (χ4n) is 1.40. The molecule has 0 aliphatic carbocycles. The van der Waals surface area contributed by atoms with Gasteiger partial charge in [-0.05, 0) is 48.5 Å². The Bertz CT molecular complexity index is 716. The smallest absolute Gasteiger partial charge is 0.261 e. The Morgan fingerprint density at radius 3 is 1.84 bits per heavy atom. The van der Waals surface area contributed by atoms with Crippen molar-refractivity contribution in [1.82, 2.24) is 0 Å². The number of nitriles is 1. The SMILES string of the molecule is N#Cc1ccc(Oc2ccc(S(=O)(=O)Cl)cc2)cc1. The van der Waals surface area contributed by atoms with E-state index in [1.54, 1.807) is 24.3 Å². The molecule has 0 amide bonds. The molecule has 19 heavy (non-hydrogen) atoms. The molecule has 96 valence electrons. The molecule has 4 nitrogen and oxygen atoms in total. The maximum Gasteiger partial charge on any atom is 0.261 e. The molecule has 0 unspecified atom stereocenters. The van der Waals surface area contributed by atoms with Gasteiger partial charge in [-0.3, -0.25) is 0 Å². The summed E-state index contributed by atoms with van der Waals surface area (Å²) in [6.07, 6.45) is 0. The van der Waals surface area contributed by atoms with Crippen molar-refractivity contribution >= 4 is 19.7 Å². The fourth-order valence-corrected chi connectivity index (χ4v) is 2.17. The Labute approximate surface area is 115 Å². The normalized spacial score (nSPS) is 10.7. The second-order valence-electron chi connectivity index (χ2n) is 3.65. The van der Waals surface area contributed by atoms with Crippen LogP contribution in [0.4, 0.5) is 0 Å². The average Bonchev–Trinajstić information content (AvgIpc) is 2.39. The maximum atomic E-state index is 11.1. The Morgan fingerprint density at radius 2 is 1.42 bits per heavy atom. The minimum Gasteiger partial charge on any atom is -0.457 e. The number of nitrogens with zero attached hydrogens (tertiary/aromatic N) is 1. The molecule has 0 N–H and O–H groups in total. The molecule has 0 bridgehead atoms. The molecule has 0 heterocycles. The second-order valence-corrected chi connectivity index (χ2v) is 6.21. The second kappa shape index (κ2) is 5.31. The van der Waals surface area contributed by atoms with Crippen molar-refractivity contribution in [3.05, 3.63) is 54.1 Å². The van der Waals surface area contributed by atoms with Crippen LogP contribution in [0.5, 0.6) is 11.5 Å². The lowest BCUT2D eigenvalue weighted by molar-refractivity contribution is 0.482. The summed E-state index contributed by atoms with van der Waals surface area (Å²) >= 11 is 0. The molecule has 0 saturated heterocycles. The van der Waals surface area contributed by atoms with Crippen LogP contribution >= 0.6 is 10.7 Å². The first-order chi connectivity index (χ1) is 8.99. The fraction of sp³-hybridized carbons (Fsp3) is 0. The van der Waals surface area contributed by atoms with Crippen molar-refractivity contribution < 1.29 is 13.2 Å². The molecule has 2 aromatic rings. The van der Waals surface area contributed by atoms with Crippen molar-refractivity contribution in [3.8, 4) is 17.6 Å². The van der Waals surface area contributed by atoms with E-state index in [1.165, 1.54) is 24.3 Å². The summed E-state index contributed by atoms with van der Waals surface area (Å²) in [6, 6.07) is 14.3. The van der Waals surface area contributed by atoms with Gasteiger partial charge >= 0.3 is 0 Å². The zero-order valence-electron chi connectivity index (χ0n) is 9.58. The number of hydrogen-bond acceptors (Lipinski definition) is 4. The molecule has 0 fully saturated rings. The third-order valence-corrected chi connectivity index (χ3v) is 3.69. The van der Waals surface area contributed by atoms with Crippen LogP contribution < -0.4 is 4.74 Å². The lowest BCUT2D eigenvalue weighted by Gasteiger charge is -2.05. The number of ether oxygens (including phenoxy) is 1. The third-order valence-electron chi connectivity index (χ3n) is 2.32. The summed E-state index contributed by atoms with van der Waals surface area (Å²) in [5, 5.41) is 8.66. The number of rotatable bonds is 3. The highest BCUT2D eigenvalue weighted by atomic mass is 35.7. The van der Waals surface area contributed by atoms with E-state index in [2.05, 4.69) is 0 Å². The average molecular weight is 294 g/mol. The molecule has 2 aromatic carbocycles. The highest BCUT2D eigenvalue weighted by molar-refractivity contribution is 8.13. The van der Waals surface area contributed by atoms with Gasteiger partial charge in [0.2, 0.25) is 0 Å². The standard InChI is InChI=1S/C13H8ClNO3S/c14-19(16,17)13-7-5-12(6-8-13)18-11-3-1-10(9-15)2-4-11/h1-8H. The van der Waals surface area contributed by atoms with Gasteiger partial charge in [0.25, 0.3) is 9.05 Å². The van der Waals surface area contributed by atoms with E-state index in [9.17, 15) is 8.42 Å². The van der Waals surface area contributed by atoms with Gasteiger partial charge in [0.05, 0.1) is 16.5 Å². The van der Waals surface area contributed by atoms with Crippen LogP contribution in [0.3, 0.4) is 0 Å². The minimum absolute atomic E-state index is 0.0151. The van der Waals surface area contributed by atoms with Gasteiger partial charge in [-0.15, -0.1) is 0 Å². The van der Waals surface area contributed by atoms with Crippen LogP contribution in [-0.4, -0.2) is 8.42 Å². The van der Waals surface area contributed by atoms with Gasteiger partial charge in [-0.25, -0.2) is 8.42 Å². The molecule has 0 aromatic heterocycles. The predicted octanol–water partition coefficient (Wildman–Crippen LogP) is 3.28. The minimum atomic E-state index is -3.72. The van der Waals surface area contributed by atoms with Crippen LogP contribution in [0.15, 0.2) is 53.4 Å². The molecule has 0 aliphatic heterocycles. The molecule has 0 spiro atoms. The number of halogens is 1. The number of benzene rings is 2. The lowest BCUT2D eigenvalue weighted by atomic mass is 10.2. The summed E-state index contributed by atoms with van der Waals surface area (Å²) in [4.78, 5) is 0.0151. The van der Waals surface area contributed by atoms with Gasteiger partial charge in [0.15, 0.2) is 0 Å². The Morgan fingerprint density at radius 1 is 0.947 bits per heavy atom. The van der Waals surface area contributed by atoms with E-state index in [0.717, 1.165) is 0 Å². The molecule has 0 saturated carbocycles. The van der Waals surface area contributed by atoms with Crippen molar-refractivity contribution in [1.29, 1.82) is 5.26 Å². The molecule has 2 rings (SSSR count). The largest absolute Gasteiger partial charge is 0.457 e. The van der Waals surface area contributed by atoms with Crippen LogP contribution in [0, 0.1) is 11.3 Å². The molecule has 0 aliphatic rings. The number of hydrogen-bond donors (Lipinski definition) is 0. The first-order valence-electron chi connectivity index (χ1n) is 5.22. The highest BCUT2D eigenvalue weighted by Crippen LogP contribution is 2.24. The molecule has 6 heteroatoms. The first kappa shape index (κ1) is 13.4. The zero-order chi connectivity index (χ0) is 13.9. The van der Waals surface area contributed by atoms with Gasteiger partial charge < -0.3 is 4.74 Å². The van der Waals surface area contributed by atoms with E-state index < -0.39 is 9.05 Å². The van der Waals surface area contributed by atoms with Gasteiger partial charge in [-0.2, -0.15) is 5.26 Å². The Kier molecular flexibility index (Phi) is 3.74. The summed E-state index contributed by atoms with van der Waals surface area (Å²) in [5.41, 5.74) is 0.538. The monoisotopic (exact) mass is 293 g/mol. The van der Waals surface area contributed by atoms with E-state index in [0.29, 0.717) is 17.1 Å². The zero-order valence-corrected chi connectivity index (χ0v) is 11.1. The predicted molar refractivity (Wildman–Crippen MR) is 70.7 cm³/mol. The van der Waals surface area contributed by atoms with Gasteiger partial charge in [0, 0.05) is 10.7 Å². The van der Waals surface area contributed by atoms with E-state index in [-0.39, 0.29) is 4.90 Å². The molecule has 0 atom stereocenters. The van der Waals surface area contributed by atoms with Crippen LogP contribution in [0.2, 0.25) is 0 Å². The van der Waals surface area contributed by atoms with Crippen molar-refractivity contribution in [3.63, 3.8) is 0 Å². The Hall–Kier alpha value is -2.03. The summed E-state index contributed by atoms with van der Waals surface area (Å²) < 4.78 is 27.6. The van der Waals surface area contributed by atoms with Crippen molar-refractivity contribution in [2.45, 2.75) is 4.90 Å². The third kappa shape index (κ3) is 3.47. The van der Waals surface area contributed by atoms with Crippen molar-refractivity contribution in [2.75, 3.05) is 0 Å². The maximum absolute atomic E-state index is 11.1. The Balaban J connectivity index is 2.17. The first-order valence-corrected chi connectivity index (χ1v) is 7.53. The van der Waals surface area contributed by atoms with Crippen molar-refractivity contribution in [2.24, 2.45) is 0 Å². The topological polar surface area (TPSA) is 67.2 Å². The van der Waals surface area contributed by atoms with Crippen LogP contribution in [0.1, 0.15) is 5.56 Å². The van der Waals surface area contributed by atoms with Gasteiger partial charge in [-0.1, -0.05) is 0 Å². The summed E-state index contributed by atoms with van der Waals surface area (Å²) in [7, 11) is 1.48. The van der Waals surface area contributed by atoms with E-state index in [4.69, 9.17) is 20.7 Å². The van der Waals surface area contributed by atoms with E-state index in [1.807, 2.05) is 6.07 Å². The van der Waals surface area contributed by atoms with Crippen LogP contribution in [0.25, 0.3) is 0 Å². The lowest BCUT2D eigenvalue weighted by Crippen LogP contribution is -1.90. The van der Waals surface area contributed by atoms with Gasteiger partial charge in [0.1, 0.15) is 11.5 Å². The molecule has 0 radical (unpaired) electrons. The van der Waals surface area contributed by atoms with E-state index >= 15 is 0 Å². The molecular formula is C13H8ClNO3S. The summed E-state index contributed by atoms with van der Waals surface area (Å²) in [5.74, 6) is 1.04. The quantitative estimate of drug-likeness (QED) is 0.815. The summed E-state index contributed by atoms with van der Waals surface area (Å²) in [6.45, 7) is 0.